The summed E-state index contributed by atoms with van der Waals surface area (Å²) in [6.45, 7) is 0. The summed E-state index contributed by atoms with van der Waals surface area (Å²) in [6, 6.07) is 14.4. The van der Waals surface area contributed by atoms with Crippen LogP contribution in [0.15, 0.2) is 56.7 Å². The van der Waals surface area contributed by atoms with Crippen LogP contribution < -0.4 is 0 Å². The van der Waals surface area contributed by atoms with Crippen LogP contribution in [0, 0.1) is 21.4 Å². The van der Waals surface area contributed by atoms with Crippen LogP contribution >= 0.6 is 27.7 Å². The van der Waals surface area contributed by atoms with E-state index in [0.717, 1.165) is 14.3 Å². The van der Waals surface area contributed by atoms with Crippen LogP contribution in [-0.4, -0.2) is 4.92 Å². The number of hydrogen-bond acceptors (Lipinski definition) is 4. The van der Waals surface area contributed by atoms with Crippen molar-refractivity contribution in [1.82, 2.24) is 0 Å². The van der Waals surface area contributed by atoms with Crippen LogP contribution in [0.4, 0.5) is 5.69 Å². The lowest BCUT2D eigenvalue weighted by molar-refractivity contribution is -0.385. The first-order valence-corrected chi connectivity index (χ1v) is 7.29. The lowest BCUT2D eigenvalue weighted by Crippen LogP contribution is -1.92. The molecule has 2 rings (SSSR count). The summed E-state index contributed by atoms with van der Waals surface area (Å²) in [5.41, 5.74) is 0.681. The molecule has 6 heteroatoms. The molecule has 0 aliphatic carbocycles. The highest BCUT2D eigenvalue weighted by Gasteiger charge is 2.11. The first kappa shape index (κ1) is 14.6. The average molecular weight is 349 g/mol. The van der Waals surface area contributed by atoms with Crippen LogP contribution in [0.1, 0.15) is 5.56 Å². The molecule has 0 unspecified atom stereocenters. The van der Waals surface area contributed by atoms with E-state index < -0.39 is 4.92 Å². The Morgan fingerprint density at radius 3 is 2.75 bits per heavy atom. The molecule has 0 saturated carbocycles. The van der Waals surface area contributed by atoms with E-state index in [4.69, 9.17) is 5.26 Å². The van der Waals surface area contributed by atoms with Crippen molar-refractivity contribution in [2.75, 3.05) is 0 Å². The smallest absolute Gasteiger partial charge is 0.258 e. The topological polar surface area (TPSA) is 66.9 Å². The number of rotatable bonds is 4. The molecule has 2 aromatic carbocycles. The largest absolute Gasteiger partial charge is 0.269 e. The molecule has 0 bridgehead atoms. The highest BCUT2D eigenvalue weighted by Crippen LogP contribution is 2.33. The predicted molar refractivity (Wildman–Crippen MR) is 80.7 cm³/mol. The van der Waals surface area contributed by atoms with Gasteiger partial charge < -0.3 is 0 Å². The molecule has 100 valence electrons. The van der Waals surface area contributed by atoms with Gasteiger partial charge >= 0.3 is 0 Å². The Kier molecular flexibility index (Phi) is 4.77. The van der Waals surface area contributed by atoms with Gasteiger partial charge in [-0.2, -0.15) is 5.26 Å². The van der Waals surface area contributed by atoms with Gasteiger partial charge in [0.1, 0.15) is 0 Å². The second kappa shape index (κ2) is 6.55. The van der Waals surface area contributed by atoms with Crippen molar-refractivity contribution >= 4 is 33.4 Å². The van der Waals surface area contributed by atoms with Gasteiger partial charge in [-0.15, -0.1) is 0 Å². The fourth-order valence-corrected chi connectivity index (χ4v) is 3.20. The Morgan fingerprint density at radius 1 is 1.30 bits per heavy atom. The first-order chi connectivity index (χ1) is 9.60. The molecule has 2 aromatic rings. The summed E-state index contributed by atoms with van der Waals surface area (Å²) >= 11 is 4.89. The van der Waals surface area contributed by atoms with E-state index in [1.54, 1.807) is 6.07 Å². The number of nitro benzene ring substituents is 1. The third kappa shape index (κ3) is 3.59. The van der Waals surface area contributed by atoms with Crippen molar-refractivity contribution in [1.29, 1.82) is 5.26 Å². The molecule has 20 heavy (non-hydrogen) atoms. The van der Waals surface area contributed by atoms with Gasteiger partial charge in [0.15, 0.2) is 0 Å². The monoisotopic (exact) mass is 348 g/mol. The molecule has 0 spiro atoms. The van der Waals surface area contributed by atoms with E-state index in [-0.39, 0.29) is 12.1 Å². The van der Waals surface area contributed by atoms with Gasteiger partial charge in [-0.05, 0) is 29.8 Å². The molecule has 0 N–H and O–H groups in total. The van der Waals surface area contributed by atoms with E-state index in [9.17, 15) is 10.1 Å². The Hall–Kier alpha value is -1.84. The maximum absolute atomic E-state index is 10.8. The van der Waals surface area contributed by atoms with Gasteiger partial charge in [0, 0.05) is 26.4 Å². The third-order valence-corrected chi connectivity index (χ3v) is 4.15. The molecule has 0 amide bonds. The number of halogens is 1. The number of benzene rings is 2. The van der Waals surface area contributed by atoms with Gasteiger partial charge in [0.25, 0.3) is 5.69 Å². The fourth-order valence-electron chi connectivity index (χ4n) is 1.66. The molecule has 0 aromatic heterocycles. The van der Waals surface area contributed by atoms with Gasteiger partial charge in [-0.1, -0.05) is 33.8 Å². The molecule has 0 heterocycles. The van der Waals surface area contributed by atoms with Crippen molar-refractivity contribution < 1.29 is 4.92 Å². The predicted octanol–water partition coefficient (Wildman–Crippen LogP) is 4.57. The first-order valence-electron chi connectivity index (χ1n) is 5.68. The van der Waals surface area contributed by atoms with Crippen LogP contribution in [0.5, 0.6) is 0 Å². The molecule has 0 radical (unpaired) electrons. The van der Waals surface area contributed by atoms with E-state index in [1.165, 1.54) is 23.9 Å². The van der Waals surface area contributed by atoms with Gasteiger partial charge in [0.05, 0.1) is 17.4 Å². The Labute approximate surface area is 128 Å². The Bertz CT molecular complexity index is 698. The zero-order valence-electron chi connectivity index (χ0n) is 10.2. The van der Waals surface area contributed by atoms with Crippen molar-refractivity contribution in [3.8, 4) is 6.07 Å². The van der Waals surface area contributed by atoms with Gasteiger partial charge in [-0.25, -0.2) is 0 Å². The number of nitro groups is 1. The number of nitriles is 1. The third-order valence-electron chi connectivity index (χ3n) is 2.55. The lowest BCUT2D eigenvalue weighted by Gasteiger charge is -2.07. The summed E-state index contributed by atoms with van der Waals surface area (Å²) in [7, 11) is 0. The van der Waals surface area contributed by atoms with Gasteiger partial charge in [0.2, 0.25) is 0 Å². The maximum atomic E-state index is 10.8. The summed E-state index contributed by atoms with van der Waals surface area (Å²) in [4.78, 5) is 12.2. The van der Waals surface area contributed by atoms with Crippen LogP contribution in [0.25, 0.3) is 0 Å². The molecule has 0 fully saturated rings. The van der Waals surface area contributed by atoms with Crippen LogP contribution in [-0.2, 0) is 6.42 Å². The molecule has 0 saturated heterocycles. The zero-order valence-corrected chi connectivity index (χ0v) is 12.6. The molecule has 0 aliphatic rings. The number of hydrogen-bond donors (Lipinski definition) is 0. The zero-order chi connectivity index (χ0) is 14.5. The quantitative estimate of drug-likeness (QED) is 0.599. The van der Waals surface area contributed by atoms with Gasteiger partial charge in [-0.3, -0.25) is 10.1 Å². The summed E-state index contributed by atoms with van der Waals surface area (Å²) in [6.07, 6.45) is 0.151. The van der Waals surface area contributed by atoms with E-state index in [1.807, 2.05) is 30.3 Å². The highest BCUT2D eigenvalue weighted by molar-refractivity contribution is 9.10. The standard InChI is InChI=1S/C14H9BrN2O2S/c15-11-2-1-3-13(9-11)20-14-5-4-12(17(18)19)8-10(14)6-7-16/h1-5,8-9H,6H2. The highest BCUT2D eigenvalue weighted by atomic mass is 79.9. The molecule has 0 atom stereocenters. The van der Waals surface area contributed by atoms with Crippen LogP contribution in [0.2, 0.25) is 0 Å². The maximum Gasteiger partial charge on any atom is 0.269 e. The summed E-state index contributed by atoms with van der Waals surface area (Å²) < 4.78 is 0.964. The minimum absolute atomic E-state index is 0.00819. The summed E-state index contributed by atoms with van der Waals surface area (Å²) in [5, 5.41) is 19.6. The number of nitrogens with zero attached hydrogens (tertiary/aromatic N) is 2. The fraction of sp³-hybridized carbons (Fsp3) is 0.0714. The minimum Gasteiger partial charge on any atom is -0.258 e. The van der Waals surface area contributed by atoms with E-state index in [2.05, 4.69) is 15.9 Å². The second-order valence-electron chi connectivity index (χ2n) is 3.94. The Balaban J connectivity index is 2.36. The average Bonchev–Trinajstić information content (AvgIpc) is 2.41. The van der Waals surface area contributed by atoms with Crippen molar-refractivity contribution in [3.63, 3.8) is 0 Å². The summed E-state index contributed by atoms with van der Waals surface area (Å²) in [5.74, 6) is 0. The SMILES string of the molecule is N#CCc1cc([N+](=O)[O-])ccc1Sc1cccc(Br)c1. The molecule has 4 nitrogen and oxygen atoms in total. The van der Waals surface area contributed by atoms with E-state index >= 15 is 0 Å². The van der Waals surface area contributed by atoms with Crippen molar-refractivity contribution in [3.05, 3.63) is 62.6 Å². The minimum atomic E-state index is -0.450. The second-order valence-corrected chi connectivity index (χ2v) is 5.97. The van der Waals surface area contributed by atoms with Crippen LogP contribution in [0.3, 0.4) is 0 Å². The van der Waals surface area contributed by atoms with E-state index in [0.29, 0.717) is 5.56 Å². The lowest BCUT2D eigenvalue weighted by atomic mass is 10.1. The normalized spacial score (nSPS) is 10.0. The number of non-ortho nitro benzene ring substituents is 1. The molecular formula is C14H9BrN2O2S. The molecular weight excluding hydrogens is 340 g/mol. The van der Waals surface area contributed by atoms with Crippen molar-refractivity contribution in [2.45, 2.75) is 16.2 Å². The molecule has 0 aliphatic heterocycles. The van der Waals surface area contributed by atoms with Crippen molar-refractivity contribution in [2.24, 2.45) is 0 Å². The Morgan fingerprint density at radius 2 is 2.10 bits per heavy atom.